The van der Waals surface area contributed by atoms with Crippen LogP contribution in [-0.2, 0) is 4.79 Å². The molecule has 0 unspecified atom stereocenters. The number of hydrogen-bond acceptors (Lipinski definition) is 1. The van der Waals surface area contributed by atoms with Gasteiger partial charge in [0, 0.05) is 28.4 Å². The number of carbonyl (C=O) groups is 1. The van der Waals surface area contributed by atoms with E-state index in [-0.39, 0.29) is 5.91 Å². The van der Waals surface area contributed by atoms with Gasteiger partial charge in [-0.1, -0.05) is 29.3 Å². The largest absolute Gasteiger partial charge is 0.305 e. The number of carbonyl (C=O) groups excluding carboxylic acids is 1. The van der Waals surface area contributed by atoms with E-state index >= 15 is 0 Å². The van der Waals surface area contributed by atoms with Gasteiger partial charge in [0.05, 0.1) is 0 Å². The van der Waals surface area contributed by atoms with E-state index in [2.05, 4.69) is 0 Å². The smallest absolute Gasteiger partial charge is 0.251 e. The van der Waals surface area contributed by atoms with Crippen LogP contribution in [0.3, 0.4) is 0 Å². The quantitative estimate of drug-likeness (QED) is 0.723. The van der Waals surface area contributed by atoms with Crippen LogP contribution < -0.4 is 4.90 Å². The Morgan fingerprint density at radius 3 is 2.29 bits per heavy atom. The third-order valence-electron chi connectivity index (χ3n) is 1.97. The van der Waals surface area contributed by atoms with E-state index in [0.29, 0.717) is 16.6 Å². The fourth-order valence-electron chi connectivity index (χ4n) is 1.37. The minimum Gasteiger partial charge on any atom is -0.305 e. The Kier molecular flexibility index (Phi) is 2.48. The van der Waals surface area contributed by atoms with Crippen LogP contribution in [0, 0.1) is 0 Å². The van der Waals surface area contributed by atoms with Gasteiger partial charge in [-0.3, -0.25) is 4.79 Å². The standard InChI is InChI=1S/C10H7Cl2NO/c11-7-4-8(12)6-9(5-7)13-3-1-2-10(13)14/h1-2,4-6H,3H2. The van der Waals surface area contributed by atoms with Gasteiger partial charge in [0.15, 0.2) is 0 Å². The van der Waals surface area contributed by atoms with Gasteiger partial charge in [0.1, 0.15) is 0 Å². The third kappa shape index (κ3) is 1.76. The Bertz CT molecular complexity index is 394. The van der Waals surface area contributed by atoms with E-state index < -0.39 is 0 Å². The molecule has 0 saturated carbocycles. The number of amides is 1. The summed E-state index contributed by atoms with van der Waals surface area (Å²) in [6.07, 6.45) is 3.34. The Morgan fingerprint density at radius 2 is 1.79 bits per heavy atom. The highest BCUT2D eigenvalue weighted by Crippen LogP contribution is 2.26. The van der Waals surface area contributed by atoms with E-state index in [1.807, 2.05) is 0 Å². The van der Waals surface area contributed by atoms with Crippen LogP contribution in [0.15, 0.2) is 30.4 Å². The highest BCUT2D eigenvalue weighted by molar-refractivity contribution is 6.35. The Morgan fingerprint density at radius 1 is 1.14 bits per heavy atom. The number of hydrogen-bond donors (Lipinski definition) is 0. The summed E-state index contributed by atoms with van der Waals surface area (Å²) in [5, 5.41) is 1.07. The molecule has 0 aliphatic carbocycles. The van der Waals surface area contributed by atoms with Crippen LogP contribution in [0.4, 0.5) is 5.69 Å². The summed E-state index contributed by atoms with van der Waals surface area (Å²) in [5.41, 5.74) is 0.734. The van der Waals surface area contributed by atoms with Gasteiger partial charge in [-0.15, -0.1) is 0 Å². The molecule has 0 saturated heterocycles. The Hall–Kier alpha value is -0.990. The van der Waals surface area contributed by atoms with Crippen LogP contribution in [-0.4, -0.2) is 12.5 Å². The molecule has 1 amide bonds. The van der Waals surface area contributed by atoms with Crippen LogP contribution in [0.5, 0.6) is 0 Å². The van der Waals surface area contributed by atoms with Crippen LogP contribution in [0.2, 0.25) is 10.0 Å². The fourth-order valence-corrected chi connectivity index (χ4v) is 1.88. The van der Waals surface area contributed by atoms with E-state index in [0.717, 1.165) is 5.69 Å². The minimum absolute atomic E-state index is 0.0386. The van der Waals surface area contributed by atoms with Gasteiger partial charge < -0.3 is 4.90 Å². The molecule has 0 aromatic heterocycles. The maximum atomic E-state index is 11.4. The molecule has 0 fully saturated rings. The third-order valence-corrected chi connectivity index (χ3v) is 2.41. The summed E-state index contributed by atoms with van der Waals surface area (Å²) < 4.78 is 0. The molecule has 2 nitrogen and oxygen atoms in total. The molecule has 14 heavy (non-hydrogen) atoms. The van der Waals surface area contributed by atoms with E-state index in [9.17, 15) is 4.79 Å². The first kappa shape index (κ1) is 9.56. The molecule has 0 atom stereocenters. The van der Waals surface area contributed by atoms with Gasteiger partial charge in [0.2, 0.25) is 0 Å². The van der Waals surface area contributed by atoms with Crippen molar-refractivity contribution < 1.29 is 4.79 Å². The molecule has 4 heteroatoms. The molecule has 0 bridgehead atoms. The summed E-state index contributed by atoms with van der Waals surface area (Å²) >= 11 is 11.7. The monoisotopic (exact) mass is 227 g/mol. The molecule has 0 N–H and O–H groups in total. The highest BCUT2D eigenvalue weighted by Gasteiger charge is 2.17. The van der Waals surface area contributed by atoms with E-state index in [1.54, 1.807) is 29.2 Å². The second-order valence-electron chi connectivity index (χ2n) is 2.98. The van der Waals surface area contributed by atoms with Crippen molar-refractivity contribution in [3.05, 3.63) is 40.4 Å². The van der Waals surface area contributed by atoms with Crippen molar-refractivity contribution in [2.75, 3.05) is 11.4 Å². The van der Waals surface area contributed by atoms with Crippen molar-refractivity contribution >= 4 is 34.8 Å². The maximum absolute atomic E-state index is 11.4. The zero-order chi connectivity index (χ0) is 10.1. The summed E-state index contributed by atoms with van der Waals surface area (Å²) in [6.45, 7) is 0.579. The summed E-state index contributed by atoms with van der Waals surface area (Å²) in [7, 11) is 0. The lowest BCUT2D eigenvalue weighted by Crippen LogP contribution is -2.24. The number of nitrogens with zero attached hydrogens (tertiary/aromatic N) is 1. The van der Waals surface area contributed by atoms with Crippen LogP contribution in [0.25, 0.3) is 0 Å². The van der Waals surface area contributed by atoms with Crippen molar-refractivity contribution in [1.29, 1.82) is 0 Å². The van der Waals surface area contributed by atoms with Crippen LogP contribution >= 0.6 is 23.2 Å². The highest BCUT2D eigenvalue weighted by atomic mass is 35.5. The summed E-state index contributed by atoms with van der Waals surface area (Å²) in [5.74, 6) is -0.0386. The molecule has 72 valence electrons. The van der Waals surface area contributed by atoms with Crippen LogP contribution in [0.1, 0.15) is 0 Å². The van der Waals surface area contributed by atoms with Crippen molar-refractivity contribution in [3.63, 3.8) is 0 Å². The fraction of sp³-hybridized carbons (Fsp3) is 0.100. The molecule has 1 aliphatic rings. The first-order chi connectivity index (χ1) is 6.66. The maximum Gasteiger partial charge on any atom is 0.251 e. The van der Waals surface area contributed by atoms with E-state index in [1.165, 1.54) is 6.08 Å². The number of halogens is 2. The van der Waals surface area contributed by atoms with Crippen molar-refractivity contribution in [3.8, 4) is 0 Å². The first-order valence-electron chi connectivity index (χ1n) is 4.11. The summed E-state index contributed by atoms with van der Waals surface area (Å²) in [4.78, 5) is 13.0. The SMILES string of the molecule is O=C1C=CCN1c1cc(Cl)cc(Cl)c1. The number of benzene rings is 1. The number of anilines is 1. The molecule has 1 aliphatic heterocycles. The lowest BCUT2D eigenvalue weighted by molar-refractivity contribution is -0.113. The topological polar surface area (TPSA) is 20.3 Å². The van der Waals surface area contributed by atoms with Crippen molar-refractivity contribution in [2.24, 2.45) is 0 Å². The normalized spacial score (nSPS) is 15.3. The van der Waals surface area contributed by atoms with Gasteiger partial charge in [-0.05, 0) is 18.2 Å². The molecule has 0 spiro atoms. The van der Waals surface area contributed by atoms with Gasteiger partial charge >= 0.3 is 0 Å². The van der Waals surface area contributed by atoms with Crippen molar-refractivity contribution in [1.82, 2.24) is 0 Å². The number of rotatable bonds is 1. The minimum atomic E-state index is -0.0386. The average Bonchev–Trinajstić information content (AvgIpc) is 2.49. The molecule has 2 rings (SSSR count). The lowest BCUT2D eigenvalue weighted by atomic mass is 10.3. The van der Waals surface area contributed by atoms with Gasteiger partial charge in [-0.2, -0.15) is 0 Å². The first-order valence-corrected chi connectivity index (χ1v) is 4.86. The second-order valence-corrected chi connectivity index (χ2v) is 3.85. The van der Waals surface area contributed by atoms with Gasteiger partial charge in [0.25, 0.3) is 5.91 Å². The lowest BCUT2D eigenvalue weighted by Gasteiger charge is -2.16. The predicted molar refractivity (Wildman–Crippen MR) is 58.0 cm³/mol. The van der Waals surface area contributed by atoms with Gasteiger partial charge in [-0.25, -0.2) is 0 Å². The summed E-state index contributed by atoms with van der Waals surface area (Å²) in [6, 6.07) is 5.08. The predicted octanol–water partition coefficient (Wildman–Crippen LogP) is 2.90. The molecule has 1 aromatic rings. The molecule has 0 radical (unpaired) electrons. The second kappa shape index (κ2) is 3.64. The molecule has 1 heterocycles. The Labute approximate surface area is 91.7 Å². The zero-order valence-electron chi connectivity index (χ0n) is 7.21. The average molecular weight is 228 g/mol. The molecule has 1 aromatic carbocycles. The molecular weight excluding hydrogens is 221 g/mol. The van der Waals surface area contributed by atoms with Crippen molar-refractivity contribution in [2.45, 2.75) is 0 Å². The zero-order valence-corrected chi connectivity index (χ0v) is 8.72. The molecular formula is C10H7Cl2NO. The van der Waals surface area contributed by atoms with E-state index in [4.69, 9.17) is 23.2 Å². The Balaban J connectivity index is 2.37.